The van der Waals surface area contributed by atoms with Crippen LogP contribution in [0.15, 0.2) is 0 Å². The molecule has 0 aromatic rings. The first-order chi connectivity index (χ1) is 23.8. The number of nitrogens with zero attached hydrogens (tertiary/aromatic N) is 2. The SMILES string of the molecule is COC(CCCCCCCCCCCCN(C)CCCN(CCCCCCCCCCCCC(OC)(OC)OC)CCC(C)N)(OC)OC. The van der Waals surface area contributed by atoms with Crippen molar-refractivity contribution in [3.8, 4) is 0 Å². The average Bonchev–Trinajstić information content (AvgIpc) is 3.11. The van der Waals surface area contributed by atoms with Crippen LogP contribution in [0.5, 0.6) is 0 Å². The molecular formula is C40H85N3O6. The maximum Gasteiger partial charge on any atom is 0.282 e. The number of nitrogens with two attached hydrogens (primary N) is 1. The third-order valence-electron chi connectivity index (χ3n) is 10.3. The number of unbranched alkanes of at least 4 members (excludes halogenated alkanes) is 18. The van der Waals surface area contributed by atoms with Crippen LogP contribution < -0.4 is 5.73 Å². The molecule has 2 N–H and O–H groups in total. The predicted octanol–water partition coefficient (Wildman–Crippen LogP) is 9.12. The van der Waals surface area contributed by atoms with Crippen molar-refractivity contribution in [3.05, 3.63) is 0 Å². The number of rotatable bonds is 39. The smallest absolute Gasteiger partial charge is 0.282 e. The van der Waals surface area contributed by atoms with Crippen molar-refractivity contribution < 1.29 is 28.4 Å². The largest absolute Gasteiger partial charge is 0.331 e. The first-order valence-corrected chi connectivity index (χ1v) is 20.2. The highest BCUT2D eigenvalue weighted by molar-refractivity contribution is 4.65. The lowest BCUT2D eigenvalue weighted by Gasteiger charge is -2.28. The van der Waals surface area contributed by atoms with E-state index in [1.165, 1.54) is 148 Å². The summed E-state index contributed by atoms with van der Waals surface area (Å²) in [6, 6.07) is 0.284. The molecule has 1 unspecified atom stereocenters. The van der Waals surface area contributed by atoms with E-state index in [1.807, 2.05) is 0 Å². The van der Waals surface area contributed by atoms with Gasteiger partial charge in [0, 0.05) is 61.5 Å². The summed E-state index contributed by atoms with van der Waals surface area (Å²) in [7, 11) is 12.1. The second-order valence-corrected chi connectivity index (χ2v) is 14.4. The average molecular weight is 704 g/mol. The standard InChI is InChI=1S/C40H85N3O6/c1-38(41)30-37-43(35-28-24-20-16-12-10-14-18-22-26-32-40(47-6,48-7)49-8)36-29-34-42(2)33-27-23-19-15-11-9-13-17-21-25-31-39(44-3,45-4)46-5/h38H,9-37,41H2,1-8H3. The van der Waals surface area contributed by atoms with Crippen molar-refractivity contribution in [2.24, 2.45) is 5.73 Å². The maximum absolute atomic E-state index is 6.11. The highest BCUT2D eigenvalue weighted by atomic mass is 16.9. The van der Waals surface area contributed by atoms with Gasteiger partial charge in [-0.2, -0.15) is 0 Å². The summed E-state index contributed by atoms with van der Waals surface area (Å²) in [4.78, 5) is 5.22. The number of hydrogen-bond donors (Lipinski definition) is 1. The molecule has 0 spiro atoms. The fourth-order valence-electron chi connectivity index (χ4n) is 6.74. The molecular weight excluding hydrogens is 618 g/mol. The molecule has 296 valence electrons. The summed E-state index contributed by atoms with van der Waals surface area (Å²) in [6.07, 6.45) is 29.9. The molecule has 0 aromatic heterocycles. The van der Waals surface area contributed by atoms with E-state index in [0.717, 1.165) is 38.6 Å². The van der Waals surface area contributed by atoms with Gasteiger partial charge in [0.2, 0.25) is 0 Å². The molecule has 0 radical (unpaired) electrons. The van der Waals surface area contributed by atoms with Gasteiger partial charge in [0.15, 0.2) is 0 Å². The maximum atomic E-state index is 6.11. The molecule has 0 fully saturated rings. The quantitative estimate of drug-likeness (QED) is 0.0498. The minimum absolute atomic E-state index is 0.284. The van der Waals surface area contributed by atoms with Crippen molar-refractivity contribution in [2.75, 3.05) is 82.4 Å². The Bertz CT molecular complexity index is 662. The fourth-order valence-corrected chi connectivity index (χ4v) is 6.74. The number of methoxy groups -OCH3 is 6. The molecule has 0 aliphatic heterocycles. The van der Waals surface area contributed by atoms with Crippen LogP contribution in [0.2, 0.25) is 0 Å². The van der Waals surface area contributed by atoms with Gasteiger partial charge in [-0.3, -0.25) is 0 Å². The Hall–Kier alpha value is -0.360. The van der Waals surface area contributed by atoms with Crippen molar-refractivity contribution in [1.29, 1.82) is 0 Å². The third kappa shape index (κ3) is 27.0. The van der Waals surface area contributed by atoms with E-state index in [4.69, 9.17) is 34.2 Å². The van der Waals surface area contributed by atoms with Gasteiger partial charge in [-0.15, -0.1) is 0 Å². The summed E-state index contributed by atoms with van der Waals surface area (Å²) < 4.78 is 32.3. The molecule has 9 nitrogen and oxygen atoms in total. The molecule has 0 rings (SSSR count). The van der Waals surface area contributed by atoms with Crippen LogP contribution in [0.4, 0.5) is 0 Å². The van der Waals surface area contributed by atoms with Gasteiger partial charge >= 0.3 is 0 Å². The Labute approximate surface area is 305 Å². The molecule has 0 saturated heterocycles. The lowest BCUT2D eigenvalue weighted by Crippen LogP contribution is -2.35. The zero-order chi connectivity index (χ0) is 36.5. The van der Waals surface area contributed by atoms with Crippen molar-refractivity contribution in [1.82, 2.24) is 9.80 Å². The fraction of sp³-hybridized carbons (Fsp3) is 1.00. The first-order valence-electron chi connectivity index (χ1n) is 20.2. The second-order valence-electron chi connectivity index (χ2n) is 14.4. The van der Waals surface area contributed by atoms with Gasteiger partial charge in [0.1, 0.15) is 0 Å². The molecule has 0 aliphatic rings. The van der Waals surface area contributed by atoms with E-state index in [-0.39, 0.29) is 6.04 Å². The van der Waals surface area contributed by atoms with E-state index < -0.39 is 11.9 Å². The van der Waals surface area contributed by atoms with Crippen LogP contribution in [0.1, 0.15) is 161 Å². The summed E-state index contributed by atoms with van der Waals surface area (Å²) in [5.74, 6) is -1.73. The molecule has 0 bridgehead atoms. The Morgan fingerprint density at radius 1 is 0.408 bits per heavy atom. The zero-order valence-corrected chi connectivity index (χ0v) is 34.0. The van der Waals surface area contributed by atoms with Crippen LogP contribution in [-0.4, -0.2) is 110 Å². The minimum Gasteiger partial charge on any atom is -0.331 e. The van der Waals surface area contributed by atoms with E-state index >= 15 is 0 Å². The Morgan fingerprint density at radius 3 is 1.04 bits per heavy atom. The zero-order valence-electron chi connectivity index (χ0n) is 34.0. The van der Waals surface area contributed by atoms with Crippen LogP contribution in [0, 0.1) is 0 Å². The third-order valence-corrected chi connectivity index (χ3v) is 10.3. The molecule has 0 saturated carbocycles. The van der Waals surface area contributed by atoms with E-state index in [2.05, 4.69) is 23.8 Å². The van der Waals surface area contributed by atoms with Gasteiger partial charge in [-0.1, -0.05) is 103 Å². The van der Waals surface area contributed by atoms with Gasteiger partial charge in [0.05, 0.1) is 0 Å². The van der Waals surface area contributed by atoms with E-state index in [0.29, 0.717) is 0 Å². The molecule has 1 atom stereocenters. The summed E-state index contributed by atoms with van der Waals surface area (Å²) in [5.41, 5.74) is 6.11. The molecule has 0 amide bonds. The predicted molar refractivity (Wildman–Crippen MR) is 206 cm³/mol. The Morgan fingerprint density at radius 2 is 0.694 bits per heavy atom. The second kappa shape index (κ2) is 33.5. The molecule has 0 aromatic carbocycles. The molecule has 9 heteroatoms. The monoisotopic (exact) mass is 704 g/mol. The number of hydrogen-bond acceptors (Lipinski definition) is 9. The lowest BCUT2D eigenvalue weighted by atomic mass is 10.1. The summed E-state index contributed by atoms with van der Waals surface area (Å²) in [5, 5.41) is 0. The van der Waals surface area contributed by atoms with Crippen molar-refractivity contribution in [2.45, 2.75) is 179 Å². The highest BCUT2D eigenvalue weighted by Gasteiger charge is 2.29. The Kier molecular flexibility index (Phi) is 33.2. The minimum atomic E-state index is -0.869. The molecule has 0 aliphatic carbocycles. The summed E-state index contributed by atoms with van der Waals surface area (Å²) in [6.45, 7) is 8.11. The highest BCUT2D eigenvalue weighted by Crippen LogP contribution is 2.23. The topological polar surface area (TPSA) is 87.9 Å². The molecule has 49 heavy (non-hydrogen) atoms. The van der Waals surface area contributed by atoms with Crippen LogP contribution in [-0.2, 0) is 28.4 Å². The van der Waals surface area contributed by atoms with Gasteiger partial charge in [-0.05, 0) is 85.2 Å². The molecule has 0 heterocycles. The van der Waals surface area contributed by atoms with E-state index in [9.17, 15) is 0 Å². The number of ether oxygens (including phenoxy) is 6. The van der Waals surface area contributed by atoms with Crippen LogP contribution >= 0.6 is 0 Å². The summed E-state index contributed by atoms with van der Waals surface area (Å²) >= 11 is 0. The van der Waals surface area contributed by atoms with Crippen LogP contribution in [0.3, 0.4) is 0 Å². The lowest BCUT2D eigenvalue weighted by molar-refractivity contribution is -0.355. The van der Waals surface area contributed by atoms with Crippen molar-refractivity contribution in [3.63, 3.8) is 0 Å². The van der Waals surface area contributed by atoms with E-state index in [1.54, 1.807) is 42.7 Å². The van der Waals surface area contributed by atoms with Crippen molar-refractivity contribution >= 4 is 0 Å². The van der Waals surface area contributed by atoms with Gasteiger partial charge in [0.25, 0.3) is 11.9 Å². The van der Waals surface area contributed by atoms with Crippen LogP contribution in [0.25, 0.3) is 0 Å². The van der Waals surface area contributed by atoms with Gasteiger partial charge in [-0.25, -0.2) is 0 Å². The Balaban J connectivity index is 3.81. The first kappa shape index (κ1) is 48.6. The normalized spacial score (nSPS) is 13.3. The van der Waals surface area contributed by atoms with Gasteiger partial charge < -0.3 is 44.0 Å².